The topological polar surface area (TPSA) is 52.3 Å². The van der Waals surface area contributed by atoms with E-state index in [-0.39, 0.29) is 5.97 Å². The highest BCUT2D eigenvalue weighted by Gasteiger charge is 2.14. The Labute approximate surface area is 221 Å². The van der Waals surface area contributed by atoms with Gasteiger partial charge >= 0.3 is 5.97 Å². The summed E-state index contributed by atoms with van der Waals surface area (Å²) < 4.78 is 5.40. The van der Waals surface area contributed by atoms with E-state index >= 15 is 0 Å². The first-order valence-corrected chi connectivity index (χ1v) is 16.1. The van der Waals surface area contributed by atoms with Crippen LogP contribution in [-0.4, -0.2) is 18.6 Å². The second-order valence-corrected chi connectivity index (χ2v) is 11.0. The number of rotatable bonds is 29. The quantitative estimate of drug-likeness (QED) is 0.0829. The predicted molar refractivity (Wildman–Crippen MR) is 155 cm³/mol. The Morgan fingerprint density at radius 3 is 1.11 bits per heavy atom. The zero-order valence-corrected chi connectivity index (χ0v) is 24.3. The molecule has 0 aliphatic rings. The minimum atomic E-state index is -0.426. The minimum absolute atomic E-state index is 0.192. The van der Waals surface area contributed by atoms with Crippen molar-refractivity contribution in [3.05, 3.63) is 0 Å². The van der Waals surface area contributed by atoms with Crippen molar-refractivity contribution in [2.75, 3.05) is 6.61 Å². The summed E-state index contributed by atoms with van der Waals surface area (Å²) in [6.45, 7) is 5.10. The lowest BCUT2D eigenvalue weighted by Crippen LogP contribution is -2.32. The summed E-state index contributed by atoms with van der Waals surface area (Å²) in [5, 5.41) is 0. The molecule has 0 aliphatic carbocycles. The van der Waals surface area contributed by atoms with Crippen molar-refractivity contribution in [2.24, 2.45) is 5.73 Å². The van der Waals surface area contributed by atoms with Gasteiger partial charge in [-0.2, -0.15) is 0 Å². The predicted octanol–water partition coefficient (Wildman–Crippen LogP) is 10.4. The van der Waals surface area contributed by atoms with E-state index in [1.54, 1.807) is 0 Å². The third kappa shape index (κ3) is 27.9. The van der Waals surface area contributed by atoms with Crippen LogP contribution in [0.1, 0.15) is 187 Å². The van der Waals surface area contributed by atoms with E-state index in [4.69, 9.17) is 10.5 Å². The molecular weight excluding hydrogens is 430 g/mol. The van der Waals surface area contributed by atoms with E-state index in [9.17, 15) is 4.79 Å². The molecule has 0 aromatic heterocycles. The Bertz CT molecular complexity index is 412. The second kappa shape index (κ2) is 29.7. The first kappa shape index (κ1) is 34.4. The van der Waals surface area contributed by atoms with Crippen LogP contribution in [0.2, 0.25) is 0 Å². The van der Waals surface area contributed by atoms with Gasteiger partial charge in [0.05, 0.1) is 6.61 Å². The van der Waals surface area contributed by atoms with Gasteiger partial charge in [0, 0.05) is 0 Å². The van der Waals surface area contributed by atoms with E-state index in [1.165, 1.54) is 154 Å². The second-order valence-electron chi connectivity index (χ2n) is 11.0. The molecule has 3 heteroatoms. The molecule has 1 unspecified atom stereocenters. The van der Waals surface area contributed by atoms with Crippen molar-refractivity contribution in [3.63, 3.8) is 0 Å². The summed E-state index contributed by atoms with van der Waals surface area (Å²) in [5.74, 6) is -0.192. The lowest BCUT2D eigenvalue weighted by molar-refractivity contribution is -0.145. The fraction of sp³-hybridized carbons (Fsp3) is 0.969. The number of hydrogen-bond donors (Lipinski definition) is 1. The Hall–Kier alpha value is -0.570. The van der Waals surface area contributed by atoms with Gasteiger partial charge in [0.1, 0.15) is 6.04 Å². The highest BCUT2D eigenvalue weighted by molar-refractivity contribution is 5.75. The van der Waals surface area contributed by atoms with Crippen LogP contribution < -0.4 is 5.73 Å². The molecule has 0 rings (SSSR count). The van der Waals surface area contributed by atoms with Crippen LogP contribution in [0, 0.1) is 0 Å². The van der Waals surface area contributed by atoms with Crippen molar-refractivity contribution >= 4 is 5.97 Å². The van der Waals surface area contributed by atoms with Gasteiger partial charge in [0.25, 0.3) is 0 Å². The Kier molecular flexibility index (Phi) is 29.2. The molecule has 35 heavy (non-hydrogen) atoms. The summed E-state index contributed by atoms with van der Waals surface area (Å²) in [7, 11) is 0. The molecule has 0 saturated heterocycles. The molecule has 0 fully saturated rings. The third-order valence-corrected chi connectivity index (χ3v) is 7.41. The van der Waals surface area contributed by atoms with Crippen LogP contribution >= 0.6 is 0 Å². The molecule has 210 valence electrons. The maximum atomic E-state index is 12.1. The average Bonchev–Trinajstić information content (AvgIpc) is 2.86. The van der Waals surface area contributed by atoms with Gasteiger partial charge in [-0.3, -0.25) is 4.79 Å². The number of esters is 1. The Balaban J connectivity index is 3.28. The van der Waals surface area contributed by atoms with Crippen LogP contribution in [-0.2, 0) is 9.53 Å². The van der Waals surface area contributed by atoms with Gasteiger partial charge in [0.2, 0.25) is 0 Å². The Morgan fingerprint density at radius 2 is 0.771 bits per heavy atom. The molecule has 0 aliphatic heterocycles. The zero-order valence-electron chi connectivity index (χ0n) is 24.3. The number of ether oxygens (including phenoxy) is 1. The fourth-order valence-electron chi connectivity index (χ4n) is 4.90. The van der Waals surface area contributed by atoms with E-state index in [0.717, 1.165) is 19.3 Å². The average molecular weight is 496 g/mol. The minimum Gasteiger partial charge on any atom is -0.465 e. The monoisotopic (exact) mass is 496 g/mol. The molecule has 0 aromatic rings. The van der Waals surface area contributed by atoms with Gasteiger partial charge in [-0.1, -0.05) is 174 Å². The first-order chi connectivity index (χ1) is 17.2. The van der Waals surface area contributed by atoms with E-state index in [0.29, 0.717) is 6.61 Å². The molecule has 0 amide bonds. The van der Waals surface area contributed by atoms with Gasteiger partial charge in [-0.05, 0) is 12.8 Å². The van der Waals surface area contributed by atoms with Gasteiger partial charge in [0.15, 0.2) is 0 Å². The van der Waals surface area contributed by atoms with Crippen molar-refractivity contribution in [3.8, 4) is 0 Å². The van der Waals surface area contributed by atoms with Crippen molar-refractivity contribution in [2.45, 2.75) is 193 Å². The lowest BCUT2D eigenvalue weighted by Gasteiger charge is -2.11. The van der Waals surface area contributed by atoms with Crippen molar-refractivity contribution < 1.29 is 9.53 Å². The SMILES string of the molecule is CCCCCCCCCCCCCCCCOC(=O)C(N)CCCCCCCCCCCCCC. The van der Waals surface area contributed by atoms with Gasteiger partial charge < -0.3 is 10.5 Å². The molecule has 0 spiro atoms. The number of carbonyl (C=O) groups is 1. The number of unbranched alkanes of at least 4 members (excludes halogenated alkanes) is 24. The van der Waals surface area contributed by atoms with Crippen LogP contribution in [0.4, 0.5) is 0 Å². The summed E-state index contributed by atoms with van der Waals surface area (Å²) in [4.78, 5) is 12.1. The molecule has 0 heterocycles. The van der Waals surface area contributed by atoms with Crippen molar-refractivity contribution in [1.82, 2.24) is 0 Å². The highest BCUT2D eigenvalue weighted by atomic mass is 16.5. The molecular formula is C32H65NO2. The maximum Gasteiger partial charge on any atom is 0.322 e. The summed E-state index contributed by atoms with van der Waals surface area (Å²) in [6, 6.07) is -0.426. The lowest BCUT2D eigenvalue weighted by atomic mass is 10.0. The summed E-state index contributed by atoms with van der Waals surface area (Å²) >= 11 is 0. The Morgan fingerprint density at radius 1 is 0.486 bits per heavy atom. The molecule has 0 radical (unpaired) electrons. The van der Waals surface area contributed by atoms with Crippen LogP contribution in [0.25, 0.3) is 0 Å². The molecule has 0 aromatic carbocycles. The molecule has 1 atom stereocenters. The van der Waals surface area contributed by atoms with Crippen LogP contribution in [0.15, 0.2) is 0 Å². The maximum absolute atomic E-state index is 12.1. The molecule has 0 bridgehead atoms. The van der Waals surface area contributed by atoms with E-state index < -0.39 is 6.04 Å². The standard InChI is InChI=1S/C32H65NO2/c1-3-5-7-9-11-13-15-17-18-20-22-24-26-28-30-35-32(34)31(33)29-27-25-23-21-19-16-14-12-10-8-6-4-2/h31H,3-30,33H2,1-2H3. The third-order valence-electron chi connectivity index (χ3n) is 7.41. The highest BCUT2D eigenvalue weighted by Crippen LogP contribution is 2.14. The molecule has 0 saturated carbocycles. The number of nitrogens with two attached hydrogens (primary N) is 1. The van der Waals surface area contributed by atoms with Gasteiger partial charge in [-0.15, -0.1) is 0 Å². The number of carbonyl (C=O) groups excluding carboxylic acids is 1. The van der Waals surface area contributed by atoms with Crippen LogP contribution in [0.3, 0.4) is 0 Å². The first-order valence-electron chi connectivity index (χ1n) is 16.1. The summed E-state index contributed by atoms with van der Waals surface area (Å²) in [6.07, 6.45) is 35.5. The van der Waals surface area contributed by atoms with Crippen LogP contribution in [0.5, 0.6) is 0 Å². The van der Waals surface area contributed by atoms with Crippen molar-refractivity contribution in [1.29, 1.82) is 0 Å². The largest absolute Gasteiger partial charge is 0.465 e. The smallest absolute Gasteiger partial charge is 0.322 e. The molecule has 2 N–H and O–H groups in total. The fourth-order valence-corrected chi connectivity index (χ4v) is 4.90. The zero-order chi connectivity index (χ0) is 25.7. The van der Waals surface area contributed by atoms with Gasteiger partial charge in [-0.25, -0.2) is 0 Å². The number of hydrogen-bond acceptors (Lipinski definition) is 3. The molecule has 3 nitrogen and oxygen atoms in total. The van der Waals surface area contributed by atoms with E-state index in [1.807, 2.05) is 0 Å². The summed E-state index contributed by atoms with van der Waals surface area (Å²) in [5.41, 5.74) is 6.03. The van der Waals surface area contributed by atoms with E-state index in [2.05, 4.69) is 13.8 Å². The normalized spacial score (nSPS) is 12.2.